The maximum Gasteiger partial charge on any atom is 0.130 e. The molecule has 2 rings (SSSR count). The molecule has 0 spiro atoms. The van der Waals surface area contributed by atoms with Crippen molar-refractivity contribution in [3.05, 3.63) is 29.6 Å². The number of rotatable bonds is 2. The number of nitrogens with two attached hydrogens (primary N) is 1. The first-order valence-corrected chi connectivity index (χ1v) is 6.43. The summed E-state index contributed by atoms with van der Waals surface area (Å²) in [6.07, 6.45) is 0.302. The third-order valence-electron chi connectivity index (χ3n) is 3.25. The van der Waals surface area contributed by atoms with Gasteiger partial charge in [-0.15, -0.1) is 0 Å². The number of hydrogen-bond donors (Lipinski definition) is 1. The molecule has 0 aliphatic carbocycles. The molecule has 0 radical (unpaired) electrons. The molecule has 1 heterocycles. The summed E-state index contributed by atoms with van der Waals surface area (Å²) >= 11 is 0. The highest BCUT2D eigenvalue weighted by Crippen LogP contribution is 2.29. The van der Waals surface area contributed by atoms with E-state index in [4.69, 9.17) is 10.5 Å². The summed E-state index contributed by atoms with van der Waals surface area (Å²) in [4.78, 5) is 2.17. The molecule has 1 aliphatic heterocycles. The van der Waals surface area contributed by atoms with E-state index in [0.29, 0.717) is 5.56 Å². The highest BCUT2D eigenvalue weighted by molar-refractivity contribution is 5.56. The summed E-state index contributed by atoms with van der Waals surface area (Å²) < 4.78 is 19.6. The van der Waals surface area contributed by atoms with E-state index in [1.807, 2.05) is 26.8 Å². The van der Waals surface area contributed by atoms with Crippen molar-refractivity contribution < 1.29 is 9.13 Å². The van der Waals surface area contributed by atoms with Crippen molar-refractivity contribution in [3.63, 3.8) is 0 Å². The molecule has 0 bridgehead atoms. The summed E-state index contributed by atoms with van der Waals surface area (Å²) in [5.41, 5.74) is 7.38. The molecule has 4 heteroatoms. The van der Waals surface area contributed by atoms with Gasteiger partial charge in [-0.3, -0.25) is 0 Å². The van der Waals surface area contributed by atoms with Crippen LogP contribution in [0.3, 0.4) is 0 Å². The third kappa shape index (κ3) is 2.65. The van der Waals surface area contributed by atoms with E-state index in [0.717, 1.165) is 18.8 Å². The fraction of sp³-hybridized carbons (Fsp3) is 0.571. The largest absolute Gasteiger partial charge is 0.372 e. The molecule has 1 aliphatic rings. The molecule has 18 heavy (non-hydrogen) atoms. The SMILES string of the molecule is C[C@@H]1CN(c2cccc(F)c2[C@@H](C)N)C[C@H](C)O1. The summed E-state index contributed by atoms with van der Waals surface area (Å²) in [5.74, 6) is -0.228. The zero-order valence-corrected chi connectivity index (χ0v) is 11.2. The van der Waals surface area contributed by atoms with Crippen molar-refractivity contribution in [2.24, 2.45) is 5.73 Å². The van der Waals surface area contributed by atoms with Crippen LogP contribution in [0.25, 0.3) is 0 Å². The van der Waals surface area contributed by atoms with Crippen LogP contribution >= 0.6 is 0 Å². The first-order valence-electron chi connectivity index (χ1n) is 6.43. The Bertz CT molecular complexity index is 412. The molecule has 3 atom stereocenters. The van der Waals surface area contributed by atoms with Crippen LogP contribution < -0.4 is 10.6 Å². The Hall–Kier alpha value is -1.13. The number of halogens is 1. The zero-order chi connectivity index (χ0) is 13.3. The van der Waals surface area contributed by atoms with Gasteiger partial charge in [0.2, 0.25) is 0 Å². The van der Waals surface area contributed by atoms with Crippen LogP contribution in [0.4, 0.5) is 10.1 Å². The van der Waals surface area contributed by atoms with Crippen LogP contribution in [-0.4, -0.2) is 25.3 Å². The van der Waals surface area contributed by atoms with E-state index in [-0.39, 0.29) is 24.1 Å². The number of nitrogens with zero attached hydrogens (tertiary/aromatic N) is 1. The van der Waals surface area contributed by atoms with Crippen LogP contribution in [0.1, 0.15) is 32.4 Å². The second-order valence-electron chi connectivity index (χ2n) is 5.12. The number of hydrogen-bond acceptors (Lipinski definition) is 3. The minimum Gasteiger partial charge on any atom is -0.372 e. The Morgan fingerprint density at radius 2 is 1.94 bits per heavy atom. The van der Waals surface area contributed by atoms with Gasteiger partial charge in [0.1, 0.15) is 5.82 Å². The van der Waals surface area contributed by atoms with Gasteiger partial charge in [0, 0.05) is 30.4 Å². The van der Waals surface area contributed by atoms with Crippen LogP contribution in [0.5, 0.6) is 0 Å². The third-order valence-corrected chi connectivity index (χ3v) is 3.25. The van der Waals surface area contributed by atoms with Gasteiger partial charge in [-0.1, -0.05) is 6.07 Å². The lowest BCUT2D eigenvalue weighted by Crippen LogP contribution is -2.46. The summed E-state index contributed by atoms with van der Waals surface area (Å²) in [6, 6.07) is 4.83. The van der Waals surface area contributed by atoms with Gasteiger partial charge >= 0.3 is 0 Å². The first-order chi connectivity index (χ1) is 8.49. The Kier molecular flexibility index (Phi) is 3.88. The lowest BCUT2D eigenvalue weighted by atomic mass is 10.0. The van der Waals surface area contributed by atoms with Crippen LogP contribution in [0.2, 0.25) is 0 Å². The van der Waals surface area contributed by atoms with Gasteiger partial charge in [-0.05, 0) is 32.9 Å². The van der Waals surface area contributed by atoms with Gasteiger partial charge in [0.05, 0.1) is 12.2 Å². The standard InChI is InChI=1S/C14H21FN2O/c1-9-7-17(8-10(2)18-9)13-6-4-5-12(15)14(13)11(3)16/h4-6,9-11H,7-8,16H2,1-3H3/t9-,10+,11-/m1/s1. The minimum absolute atomic E-state index is 0.151. The fourth-order valence-corrected chi connectivity index (χ4v) is 2.63. The normalized spacial score (nSPS) is 26.2. The molecule has 0 aromatic heterocycles. The topological polar surface area (TPSA) is 38.5 Å². The van der Waals surface area contributed by atoms with Gasteiger partial charge in [-0.2, -0.15) is 0 Å². The molecule has 0 unspecified atom stereocenters. The maximum absolute atomic E-state index is 13.9. The molecule has 1 fully saturated rings. The number of ether oxygens (including phenoxy) is 1. The highest BCUT2D eigenvalue weighted by Gasteiger charge is 2.25. The smallest absolute Gasteiger partial charge is 0.130 e. The van der Waals surface area contributed by atoms with Crippen molar-refractivity contribution >= 4 is 5.69 Å². The monoisotopic (exact) mass is 252 g/mol. The van der Waals surface area contributed by atoms with Crippen molar-refractivity contribution in [3.8, 4) is 0 Å². The minimum atomic E-state index is -0.311. The molecule has 1 aromatic carbocycles. The second kappa shape index (κ2) is 5.24. The van der Waals surface area contributed by atoms with Crippen LogP contribution in [-0.2, 0) is 4.74 Å². The van der Waals surface area contributed by atoms with Crippen molar-refractivity contribution in [2.75, 3.05) is 18.0 Å². The molecule has 1 aromatic rings. The van der Waals surface area contributed by atoms with Gasteiger partial charge < -0.3 is 15.4 Å². The lowest BCUT2D eigenvalue weighted by molar-refractivity contribution is -0.00529. The average molecular weight is 252 g/mol. The van der Waals surface area contributed by atoms with Crippen LogP contribution in [0, 0.1) is 5.82 Å². The Balaban J connectivity index is 2.35. The quantitative estimate of drug-likeness (QED) is 0.878. The lowest BCUT2D eigenvalue weighted by Gasteiger charge is -2.38. The van der Waals surface area contributed by atoms with E-state index < -0.39 is 0 Å². The van der Waals surface area contributed by atoms with Crippen LogP contribution in [0.15, 0.2) is 18.2 Å². The number of morpholine rings is 1. The average Bonchev–Trinajstić information content (AvgIpc) is 2.26. The summed E-state index contributed by atoms with van der Waals surface area (Å²) in [7, 11) is 0. The van der Waals surface area contributed by atoms with Gasteiger partial charge in [-0.25, -0.2) is 4.39 Å². The predicted molar refractivity (Wildman–Crippen MR) is 71.2 cm³/mol. The fourth-order valence-electron chi connectivity index (χ4n) is 2.63. The van der Waals surface area contributed by atoms with E-state index >= 15 is 0 Å². The predicted octanol–water partition coefficient (Wildman–Crippen LogP) is 2.46. The number of benzene rings is 1. The first kappa shape index (κ1) is 13.3. The molecule has 100 valence electrons. The molecule has 1 saturated heterocycles. The van der Waals surface area contributed by atoms with Gasteiger partial charge in [0.15, 0.2) is 0 Å². The van der Waals surface area contributed by atoms with Crippen molar-refractivity contribution in [1.82, 2.24) is 0 Å². The molecular weight excluding hydrogens is 231 g/mol. The van der Waals surface area contributed by atoms with E-state index in [1.165, 1.54) is 6.07 Å². The van der Waals surface area contributed by atoms with Crippen molar-refractivity contribution in [1.29, 1.82) is 0 Å². The van der Waals surface area contributed by atoms with E-state index in [2.05, 4.69) is 4.90 Å². The van der Waals surface area contributed by atoms with Gasteiger partial charge in [0.25, 0.3) is 0 Å². The Labute approximate surface area is 108 Å². The summed E-state index contributed by atoms with van der Waals surface area (Å²) in [6.45, 7) is 7.43. The van der Waals surface area contributed by atoms with E-state index in [9.17, 15) is 4.39 Å². The zero-order valence-electron chi connectivity index (χ0n) is 11.2. The summed E-state index contributed by atoms with van der Waals surface area (Å²) in [5, 5.41) is 0. The Morgan fingerprint density at radius 3 is 2.50 bits per heavy atom. The molecular formula is C14H21FN2O. The molecule has 2 N–H and O–H groups in total. The molecule has 0 saturated carbocycles. The highest BCUT2D eigenvalue weighted by atomic mass is 19.1. The molecule has 0 amide bonds. The Morgan fingerprint density at radius 1 is 1.33 bits per heavy atom. The molecule has 3 nitrogen and oxygen atoms in total. The second-order valence-corrected chi connectivity index (χ2v) is 5.12. The van der Waals surface area contributed by atoms with Crippen molar-refractivity contribution in [2.45, 2.75) is 39.0 Å². The number of anilines is 1. The maximum atomic E-state index is 13.9. The van der Waals surface area contributed by atoms with E-state index in [1.54, 1.807) is 6.07 Å².